The molecule has 2 aromatic heterocycles. The predicted molar refractivity (Wildman–Crippen MR) is 94.0 cm³/mol. The van der Waals surface area contributed by atoms with Crippen LogP contribution in [0.2, 0.25) is 0 Å². The van der Waals surface area contributed by atoms with Crippen LogP contribution in [-0.2, 0) is 16.1 Å². The molecule has 1 atom stereocenters. The van der Waals surface area contributed by atoms with Crippen molar-refractivity contribution < 1.29 is 14.6 Å². The van der Waals surface area contributed by atoms with Gasteiger partial charge >= 0.3 is 0 Å². The summed E-state index contributed by atoms with van der Waals surface area (Å²) in [5.41, 5.74) is 0.911. The first-order valence-electron chi connectivity index (χ1n) is 8.34. The van der Waals surface area contributed by atoms with E-state index in [4.69, 9.17) is 19.4 Å². The van der Waals surface area contributed by atoms with Crippen LogP contribution in [0.25, 0.3) is 10.2 Å². The third kappa shape index (κ3) is 2.95. The SMILES string of the molecule is C[C@@H]1COCCN1c1nc(N2CCOCC2)c2sc(CO)cc2n1. The molecule has 0 aliphatic carbocycles. The highest BCUT2D eigenvalue weighted by molar-refractivity contribution is 7.19. The summed E-state index contributed by atoms with van der Waals surface area (Å²) in [6.45, 7) is 7.45. The number of hydrogen-bond donors (Lipinski definition) is 1. The predicted octanol–water partition coefficient (Wildman–Crippen LogP) is 1.25. The third-order valence-electron chi connectivity index (χ3n) is 4.48. The van der Waals surface area contributed by atoms with Crippen LogP contribution in [-0.4, -0.2) is 67.2 Å². The lowest BCUT2D eigenvalue weighted by Crippen LogP contribution is -2.45. The number of fused-ring (bicyclic) bond motifs is 1. The molecule has 4 rings (SSSR count). The largest absolute Gasteiger partial charge is 0.391 e. The molecular formula is C16H22N4O3S. The molecule has 8 heteroatoms. The second-order valence-corrected chi connectivity index (χ2v) is 7.29. The highest BCUT2D eigenvalue weighted by atomic mass is 32.1. The van der Waals surface area contributed by atoms with Gasteiger partial charge in [-0.3, -0.25) is 0 Å². The molecular weight excluding hydrogens is 328 g/mol. The monoisotopic (exact) mass is 350 g/mol. The van der Waals surface area contributed by atoms with E-state index in [1.54, 1.807) is 11.3 Å². The van der Waals surface area contributed by atoms with Gasteiger partial charge in [-0.05, 0) is 13.0 Å². The molecule has 0 bridgehead atoms. The van der Waals surface area contributed by atoms with E-state index < -0.39 is 0 Å². The number of rotatable bonds is 3. The van der Waals surface area contributed by atoms with Gasteiger partial charge in [0.1, 0.15) is 0 Å². The number of aliphatic hydroxyl groups is 1. The van der Waals surface area contributed by atoms with Crippen molar-refractivity contribution in [2.24, 2.45) is 0 Å². The van der Waals surface area contributed by atoms with Crippen LogP contribution in [0.5, 0.6) is 0 Å². The molecule has 0 radical (unpaired) electrons. The number of ether oxygens (including phenoxy) is 2. The molecule has 2 aromatic rings. The van der Waals surface area contributed by atoms with Gasteiger partial charge in [0, 0.05) is 24.5 Å². The van der Waals surface area contributed by atoms with Crippen LogP contribution >= 0.6 is 11.3 Å². The van der Waals surface area contributed by atoms with Crippen LogP contribution in [0.15, 0.2) is 6.07 Å². The van der Waals surface area contributed by atoms with Crippen molar-refractivity contribution in [2.45, 2.75) is 19.6 Å². The maximum absolute atomic E-state index is 9.50. The summed E-state index contributed by atoms with van der Waals surface area (Å²) >= 11 is 1.57. The number of nitrogens with zero attached hydrogens (tertiary/aromatic N) is 4. The molecule has 0 unspecified atom stereocenters. The second kappa shape index (κ2) is 6.79. The van der Waals surface area contributed by atoms with Gasteiger partial charge in [0.15, 0.2) is 5.82 Å². The summed E-state index contributed by atoms with van der Waals surface area (Å²) in [4.78, 5) is 15.1. The van der Waals surface area contributed by atoms with E-state index in [0.717, 1.165) is 46.5 Å². The number of anilines is 2. The van der Waals surface area contributed by atoms with Crippen molar-refractivity contribution in [3.63, 3.8) is 0 Å². The number of aromatic nitrogens is 2. The minimum Gasteiger partial charge on any atom is -0.391 e. The Morgan fingerprint density at radius 1 is 1.21 bits per heavy atom. The Morgan fingerprint density at radius 2 is 2.00 bits per heavy atom. The molecule has 2 aliphatic heterocycles. The van der Waals surface area contributed by atoms with Gasteiger partial charge in [-0.2, -0.15) is 4.98 Å². The third-order valence-corrected chi connectivity index (χ3v) is 5.59. The van der Waals surface area contributed by atoms with Crippen LogP contribution in [0, 0.1) is 0 Å². The summed E-state index contributed by atoms with van der Waals surface area (Å²) in [5, 5.41) is 9.50. The minimum atomic E-state index is 0.0346. The fourth-order valence-corrected chi connectivity index (χ4v) is 4.14. The molecule has 0 aromatic carbocycles. The van der Waals surface area contributed by atoms with E-state index in [-0.39, 0.29) is 12.6 Å². The quantitative estimate of drug-likeness (QED) is 0.893. The van der Waals surface area contributed by atoms with Crippen LogP contribution < -0.4 is 9.80 Å². The summed E-state index contributed by atoms with van der Waals surface area (Å²) in [6.07, 6.45) is 0. The van der Waals surface area contributed by atoms with Gasteiger partial charge < -0.3 is 24.4 Å². The standard InChI is InChI=1S/C16H22N4O3S/c1-11-10-23-7-4-20(11)16-17-13-8-12(9-21)24-14(13)15(18-16)19-2-5-22-6-3-19/h8,11,21H,2-7,9-10H2,1H3/t11-/m1/s1. The number of hydrogen-bond acceptors (Lipinski definition) is 8. The number of morpholine rings is 2. The lowest BCUT2D eigenvalue weighted by Gasteiger charge is -2.34. The van der Waals surface area contributed by atoms with E-state index in [0.29, 0.717) is 26.4 Å². The van der Waals surface area contributed by atoms with Gasteiger partial charge in [-0.15, -0.1) is 11.3 Å². The van der Waals surface area contributed by atoms with Crippen molar-refractivity contribution in [2.75, 3.05) is 55.9 Å². The molecule has 4 heterocycles. The second-order valence-electron chi connectivity index (χ2n) is 6.15. The Morgan fingerprint density at radius 3 is 2.75 bits per heavy atom. The van der Waals surface area contributed by atoms with Gasteiger partial charge in [0.05, 0.1) is 49.3 Å². The molecule has 0 spiro atoms. The zero-order chi connectivity index (χ0) is 16.5. The van der Waals surface area contributed by atoms with E-state index >= 15 is 0 Å². The fraction of sp³-hybridized carbons (Fsp3) is 0.625. The van der Waals surface area contributed by atoms with Crippen molar-refractivity contribution in [1.29, 1.82) is 0 Å². The first-order chi connectivity index (χ1) is 11.8. The average molecular weight is 350 g/mol. The molecule has 2 fully saturated rings. The summed E-state index contributed by atoms with van der Waals surface area (Å²) < 4.78 is 12.1. The van der Waals surface area contributed by atoms with E-state index in [2.05, 4.69) is 16.7 Å². The molecule has 0 saturated carbocycles. The molecule has 1 N–H and O–H groups in total. The highest BCUT2D eigenvalue weighted by Gasteiger charge is 2.25. The van der Waals surface area contributed by atoms with Crippen molar-refractivity contribution in [3.8, 4) is 0 Å². The zero-order valence-corrected chi connectivity index (χ0v) is 14.6. The van der Waals surface area contributed by atoms with Crippen molar-refractivity contribution >= 4 is 33.3 Å². The Balaban J connectivity index is 1.79. The van der Waals surface area contributed by atoms with E-state index in [1.807, 2.05) is 6.07 Å². The maximum Gasteiger partial charge on any atom is 0.228 e. The summed E-state index contributed by atoms with van der Waals surface area (Å²) in [5.74, 6) is 1.71. The molecule has 2 aliphatic rings. The average Bonchev–Trinajstić information content (AvgIpc) is 3.05. The Kier molecular flexibility index (Phi) is 4.53. The molecule has 0 amide bonds. The van der Waals surface area contributed by atoms with Gasteiger partial charge in [-0.25, -0.2) is 4.98 Å². The first kappa shape index (κ1) is 16.0. The van der Waals surface area contributed by atoms with Crippen LogP contribution in [0.3, 0.4) is 0 Å². The molecule has 24 heavy (non-hydrogen) atoms. The molecule has 130 valence electrons. The Bertz CT molecular complexity index is 717. The zero-order valence-electron chi connectivity index (χ0n) is 13.8. The van der Waals surface area contributed by atoms with E-state index in [9.17, 15) is 5.11 Å². The smallest absolute Gasteiger partial charge is 0.228 e. The van der Waals surface area contributed by atoms with Gasteiger partial charge in [0.2, 0.25) is 5.95 Å². The van der Waals surface area contributed by atoms with E-state index in [1.165, 1.54) is 0 Å². The van der Waals surface area contributed by atoms with Crippen LogP contribution in [0.4, 0.5) is 11.8 Å². The summed E-state index contributed by atoms with van der Waals surface area (Å²) in [7, 11) is 0. The lowest BCUT2D eigenvalue weighted by molar-refractivity contribution is 0.0981. The van der Waals surface area contributed by atoms with Gasteiger partial charge in [-0.1, -0.05) is 0 Å². The molecule has 7 nitrogen and oxygen atoms in total. The van der Waals surface area contributed by atoms with Crippen molar-refractivity contribution in [3.05, 3.63) is 10.9 Å². The number of thiophene rings is 1. The highest BCUT2D eigenvalue weighted by Crippen LogP contribution is 2.34. The maximum atomic E-state index is 9.50. The number of aliphatic hydroxyl groups excluding tert-OH is 1. The molecule has 2 saturated heterocycles. The fourth-order valence-electron chi connectivity index (χ4n) is 3.17. The first-order valence-corrected chi connectivity index (χ1v) is 9.16. The van der Waals surface area contributed by atoms with Crippen LogP contribution in [0.1, 0.15) is 11.8 Å². The minimum absolute atomic E-state index is 0.0346. The van der Waals surface area contributed by atoms with Gasteiger partial charge in [0.25, 0.3) is 0 Å². The normalized spacial score (nSPS) is 22.3. The van der Waals surface area contributed by atoms with Crippen molar-refractivity contribution in [1.82, 2.24) is 9.97 Å². The Labute approximate surface area is 144 Å². The summed E-state index contributed by atoms with van der Waals surface area (Å²) in [6, 6.07) is 2.23. The lowest BCUT2D eigenvalue weighted by atomic mass is 10.2. The Hall–Kier alpha value is -1.48. The topological polar surface area (TPSA) is 71.0 Å².